The first-order valence-corrected chi connectivity index (χ1v) is 9.41. The Bertz CT molecular complexity index is 684. The van der Waals surface area contributed by atoms with Gasteiger partial charge in [0.15, 0.2) is 0 Å². The number of benzene rings is 1. The minimum absolute atomic E-state index is 0.0726. The zero-order valence-corrected chi connectivity index (χ0v) is 14.4. The third-order valence-electron chi connectivity index (χ3n) is 4.11. The van der Waals surface area contributed by atoms with E-state index in [1.54, 1.807) is 7.05 Å². The number of halogens is 2. The largest absolute Gasteiger partial charge is 0.325 e. The lowest BCUT2D eigenvalue weighted by molar-refractivity contribution is -0.117. The van der Waals surface area contributed by atoms with Crippen LogP contribution in [0.15, 0.2) is 18.2 Å². The number of sulfonamides is 1. The summed E-state index contributed by atoms with van der Waals surface area (Å²) in [6.45, 7) is 1.25. The Labute approximate surface area is 140 Å². The summed E-state index contributed by atoms with van der Waals surface area (Å²) in [6.07, 6.45) is 2.43. The van der Waals surface area contributed by atoms with Crippen LogP contribution in [0.25, 0.3) is 0 Å². The molecule has 2 rings (SSSR count). The second-order valence-electron chi connectivity index (χ2n) is 5.99. The van der Waals surface area contributed by atoms with Gasteiger partial charge >= 0.3 is 0 Å². The molecule has 1 aliphatic heterocycles. The molecule has 1 amide bonds. The monoisotopic (exact) mass is 361 g/mol. The van der Waals surface area contributed by atoms with E-state index in [1.165, 1.54) is 10.6 Å². The number of hydrogen-bond donors (Lipinski definition) is 1. The Morgan fingerprint density at radius 2 is 1.79 bits per heavy atom. The zero-order chi connectivity index (χ0) is 17.9. The molecule has 0 bridgehead atoms. The summed E-state index contributed by atoms with van der Waals surface area (Å²) in [7, 11) is -1.67. The Hall–Kier alpha value is -1.58. The standard InChI is InChI=1S/C15H21F2N3O3S/c1-19(24(2,22)23)14-3-5-20(6-4-14)10-15(21)18-13-8-11(16)7-12(17)9-13/h7-9,14H,3-6,10H2,1-2H3,(H,18,21). The first kappa shape index (κ1) is 18.8. The molecule has 0 aromatic heterocycles. The van der Waals surface area contributed by atoms with Crippen LogP contribution in [0, 0.1) is 11.6 Å². The number of anilines is 1. The summed E-state index contributed by atoms with van der Waals surface area (Å²) >= 11 is 0. The van der Waals surface area contributed by atoms with Gasteiger partial charge in [0.2, 0.25) is 15.9 Å². The Balaban J connectivity index is 1.84. The van der Waals surface area contributed by atoms with Crippen molar-refractivity contribution in [2.45, 2.75) is 18.9 Å². The quantitative estimate of drug-likeness (QED) is 0.857. The van der Waals surface area contributed by atoms with Crippen LogP contribution < -0.4 is 5.32 Å². The highest BCUT2D eigenvalue weighted by atomic mass is 32.2. The molecular weight excluding hydrogens is 340 g/mol. The third-order valence-corrected chi connectivity index (χ3v) is 5.45. The van der Waals surface area contributed by atoms with E-state index in [2.05, 4.69) is 5.32 Å². The van der Waals surface area contributed by atoms with Gasteiger partial charge < -0.3 is 5.32 Å². The van der Waals surface area contributed by atoms with E-state index in [1.807, 2.05) is 4.90 Å². The number of nitrogens with one attached hydrogen (secondary N) is 1. The third kappa shape index (κ3) is 5.22. The van der Waals surface area contributed by atoms with E-state index in [4.69, 9.17) is 0 Å². The molecule has 0 atom stereocenters. The fourth-order valence-corrected chi connectivity index (χ4v) is 3.49. The zero-order valence-electron chi connectivity index (χ0n) is 13.6. The van der Waals surface area contributed by atoms with Gasteiger partial charge in [-0.05, 0) is 25.0 Å². The first-order chi connectivity index (χ1) is 11.1. The maximum atomic E-state index is 13.1. The number of amides is 1. The maximum Gasteiger partial charge on any atom is 0.238 e. The summed E-state index contributed by atoms with van der Waals surface area (Å²) in [5, 5.41) is 2.46. The van der Waals surface area contributed by atoms with Crippen molar-refractivity contribution in [3.8, 4) is 0 Å². The molecule has 0 saturated carbocycles. The van der Waals surface area contributed by atoms with Crippen molar-refractivity contribution in [1.29, 1.82) is 0 Å². The van der Waals surface area contributed by atoms with E-state index in [-0.39, 0.29) is 24.2 Å². The van der Waals surface area contributed by atoms with Gasteiger partial charge in [-0.2, -0.15) is 0 Å². The van der Waals surface area contributed by atoms with Crippen molar-refractivity contribution in [2.75, 3.05) is 38.3 Å². The van der Waals surface area contributed by atoms with Crippen LogP contribution in [0.2, 0.25) is 0 Å². The van der Waals surface area contributed by atoms with Crippen LogP contribution >= 0.6 is 0 Å². The van der Waals surface area contributed by atoms with Gasteiger partial charge in [-0.1, -0.05) is 0 Å². The van der Waals surface area contributed by atoms with E-state index in [0.717, 1.165) is 18.2 Å². The molecule has 1 N–H and O–H groups in total. The molecule has 9 heteroatoms. The van der Waals surface area contributed by atoms with E-state index in [0.29, 0.717) is 25.9 Å². The Kier molecular flexibility index (Phi) is 5.89. The van der Waals surface area contributed by atoms with Crippen LogP contribution in [0.5, 0.6) is 0 Å². The molecule has 0 aliphatic carbocycles. The van der Waals surface area contributed by atoms with Crippen LogP contribution in [0.4, 0.5) is 14.5 Å². The summed E-state index contributed by atoms with van der Waals surface area (Å²) in [6, 6.07) is 2.76. The van der Waals surface area contributed by atoms with Crippen LogP contribution in [0.3, 0.4) is 0 Å². The summed E-state index contributed by atoms with van der Waals surface area (Å²) in [5.74, 6) is -1.88. The van der Waals surface area contributed by atoms with Crippen molar-refractivity contribution < 1.29 is 22.0 Å². The SMILES string of the molecule is CN(C1CCN(CC(=O)Nc2cc(F)cc(F)c2)CC1)S(C)(=O)=O. The number of carbonyl (C=O) groups excluding carboxylic acids is 1. The topological polar surface area (TPSA) is 69.7 Å². The molecule has 6 nitrogen and oxygen atoms in total. The summed E-state index contributed by atoms with van der Waals surface area (Å²) < 4.78 is 50.6. The van der Waals surface area contributed by atoms with Gasteiger partial charge in [0.1, 0.15) is 11.6 Å². The second kappa shape index (κ2) is 7.54. The van der Waals surface area contributed by atoms with Gasteiger partial charge in [0.05, 0.1) is 12.8 Å². The molecule has 1 aromatic carbocycles. The van der Waals surface area contributed by atoms with Gasteiger partial charge in [0.25, 0.3) is 0 Å². The predicted octanol–water partition coefficient (Wildman–Crippen LogP) is 1.26. The highest BCUT2D eigenvalue weighted by Crippen LogP contribution is 2.18. The first-order valence-electron chi connectivity index (χ1n) is 7.56. The van der Waals surface area contributed by atoms with Gasteiger partial charge in [-0.25, -0.2) is 21.5 Å². The van der Waals surface area contributed by atoms with E-state index < -0.39 is 21.7 Å². The molecule has 1 heterocycles. The number of nitrogens with zero attached hydrogens (tertiary/aromatic N) is 2. The fraction of sp³-hybridized carbons (Fsp3) is 0.533. The van der Waals surface area contributed by atoms with Crippen LogP contribution in [0.1, 0.15) is 12.8 Å². The lowest BCUT2D eigenvalue weighted by Gasteiger charge is -2.35. The normalized spacial score (nSPS) is 17.2. The molecule has 134 valence electrons. The Morgan fingerprint density at radius 3 is 2.29 bits per heavy atom. The van der Waals surface area contributed by atoms with Crippen molar-refractivity contribution in [3.63, 3.8) is 0 Å². The lowest BCUT2D eigenvalue weighted by Crippen LogP contribution is -2.47. The molecule has 24 heavy (non-hydrogen) atoms. The van der Waals surface area contributed by atoms with Crippen molar-refractivity contribution in [2.24, 2.45) is 0 Å². The number of likely N-dealkylation sites (tertiary alicyclic amines) is 1. The fourth-order valence-electron chi connectivity index (χ4n) is 2.74. The highest BCUT2D eigenvalue weighted by Gasteiger charge is 2.27. The Morgan fingerprint density at radius 1 is 1.25 bits per heavy atom. The van der Waals surface area contributed by atoms with Crippen LogP contribution in [-0.4, -0.2) is 62.5 Å². The molecular formula is C15H21F2N3O3S. The number of carbonyl (C=O) groups is 1. The van der Waals surface area contributed by atoms with E-state index >= 15 is 0 Å². The highest BCUT2D eigenvalue weighted by molar-refractivity contribution is 7.88. The number of hydrogen-bond acceptors (Lipinski definition) is 4. The second-order valence-corrected chi connectivity index (χ2v) is 8.03. The smallest absolute Gasteiger partial charge is 0.238 e. The maximum absolute atomic E-state index is 13.1. The van der Waals surface area contributed by atoms with Crippen molar-refractivity contribution >= 4 is 21.6 Å². The average Bonchev–Trinajstić information content (AvgIpc) is 2.45. The summed E-state index contributed by atoms with van der Waals surface area (Å²) in [5.41, 5.74) is 0.0733. The molecule has 0 radical (unpaired) electrons. The van der Waals surface area contributed by atoms with Crippen LogP contribution in [-0.2, 0) is 14.8 Å². The van der Waals surface area contributed by atoms with Crippen molar-refractivity contribution in [1.82, 2.24) is 9.21 Å². The van der Waals surface area contributed by atoms with Crippen molar-refractivity contribution in [3.05, 3.63) is 29.8 Å². The molecule has 0 spiro atoms. The van der Waals surface area contributed by atoms with E-state index in [9.17, 15) is 22.0 Å². The lowest BCUT2D eigenvalue weighted by atomic mass is 10.1. The minimum atomic E-state index is -3.23. The number of piperidine rings is 1. The molecule has 1 aromatic rings. The molecule has 1 saturated heterocycles. The average molecular weight is 361 g/mol. The number of rotatable bonds is 5. The summed E-state index contributed by atoms with van der Waals surface area (Å²) in [4.78, 5) is 13.9. The molecule has 1 aliphatic rings. The molecule has 0 unspecified atom stereocenters. The van der Waals surface area contributed by atoms with Gasteiger partial charge in [0, 0.05) is 37.9 Å². The molecule has 1 fully saturated rings. The van der Waals surface area contributed by atoms with Gasteiger partial charge in [-0.15, -0.1) is 0 Å². The predicted molar refractivity (Wildman–Crippen MR) is 87.1 cm³/mol. The van der Waals surface area contributed by atoms with Gasteiger partial charge in [-0.3, -0.25) is 9.69 Å². The minimum Gasteiger partial charge on any atom is -0.325 e.